The Balaban J connectivity index is 2.16. The van der Waals surface area contributed by atoms with Crippen molar-refractivity contribution in [2.75, 3.05) is 23.1 Å². The van der Waals surface area contributed by atoms with Crippen LogP contribution in [0.3, 0.4) is 0 Å². The minimum atomic E-state index is -4.64. The molecule has 6 nitrogen and oxygen atoms in total. The van der Waals surface area contributed by atoms with Crippen molar-refractivity contribution < 1.29 is 27.5 Å². The van der Waals surface area contributed by atoms with Crippen LogP contribution in [0.1, 0.15) is 19.4 Å². The summed E-state index contributed by atoms with van der Waals surface area (Å²) in [7, 11) is 1.44. The van der Waals surface area contributed by atoms with Crippen LogP contribution in [0.5, 0.6) is 5.75 Å². The van der Waals surface area contributed by atoms with E-state index in [9.17, 15) is 22.8 Å². The maximum absolute atomic E-state index is 13.0. The Morgan fingerprint density at radius 2 is 1.69 bits per heavy atom. The van der Waals surface area contributed by atoms with Gasteiger partial charge in [-0.15, -0.1) is 0 Å². The van der Waals surface area contributed by atoms with Gasteiger partial charge in [0.25, 0.3) is 0 Å². The molecule has 0 heterocycles. The zero-order valence-electron chi connectivity index (χ0n) is 15.8. The third-order valence-corrected chi connectivity index (χ3v) is 4.15. The number of nitrogens with one attached hydrogen (secondary N) is 3. The van der Waals surface area contributed by atoms with Gasteiger partial charge in [-0.05, 0) is 43.3 Å². The number of amides is 2. The van der Waals surface area contributed by atoms with Crippen molar-refractivity contribution in [3.8, 4) is 5.75 Å². The monoisotopic (exact) mass is 429 g/mol. The Hall–Kier alpha value is -2.94. The molecule has 10 heteroatoms. The number of halogens is 4. The third kappa shape index (κ3) is 6.02. The first kappa shape index (κ1) is 22.4. The first-order chi connectivity index (χ1) is 13.5. The van der Waals surface area contributed by atoms with Gasteiger partial charge >= 0.3 is 6.18 Å². The van der Waals surface area contributed by atoms with Gasteiger partial charge in [0.15, 0.2) is 0 Å². The van der Waals surface area contributed by atoms with E-state index in [4.69, 9.17) is 16.3 Å². The van der Waals surface area contributed by atoms with Gasteiger partial charge in [0.05, 0.1) is 23.4 Å². The fourth-order valence-electron chi connectivity index (χ4n) is 2.47. The molecule has 0 spiro atoms. The molecule has 0 aliphatic carbocycles. The summed E-state index contributed by atoms with van der Waals surface area (Å²) >= 11 is 5.58. The predicted molar refractivity (Wildman–Crippen MR) is 105 cm³/mol. The topological polar surface area (TPSA) is 79.5 Å². The fourth-order valence-corrected chi connectivity index (χ4v) is 2.70. The van der Waals surface area contributed by atoms with E-state index in [0.29, 0.717) is 17.1 Å². The molecule has 0 aliphatic rings. The lowest BCUT2D eigenvalue weighted by Gasteiger charge is -2.19. The molecule has 0 aromatic heterocycles. The van der Waals surface area contributed by atoms with E-state index in [1.807, 2.05) is 0 Å². The number of anilines is 3. The first-order valence-corrected chi connectivity index (χ1v) is 8.79. The number of rotatable bonds is 6. The van der Waals surface area contributed by atoms with Crippen molar-refractivity contribution in [1.82, 2.24) is 0 Å². The van der Waals surface area contributed by atoms with Crippen LogP contribution in [-0.4, -0.2) is 25.0 Å². The van der Waals surface area contributed by atoms with E-state index >= 15 is 0 Å². The Kier molecular flexibility index (Phi) is 6.97. The van der Waals surface area contributed by atoms with Gasteiger partial charge < -0.3 is 20.7 Å². The molecule has 2 aromatic rings. The number of carbonyl (C=O) groups excluding carboxylic acids is 2. The van der Waals surface area contributed by atoms with Gasteiger partial charge in [-0.3, -0.25) is 9.59 Å². The van der Waals surface area contributed by atoms with E-state index < -0.39 is 28.7 Å². The highest BCUT2D eigenvalue weighted by molar-refractivity contribution is 6.31. The standard InChI is InChI=1S/C19H19ClF3N3O3/c1-10(24-16-9-13(25-11(2)27)5-7-17(16)29-3)18(28)26-12-4-6-15(20)14(8-12)19(21,22)23/h4-10,24H,1-3H3,(H,25,27)(H,26,28). The summed E-state index contributed by atoms with van der Waals surface area (Å²) in [6.07, 6.45) is -4.64. The molecule has 2 aromatic carbocycles. The van der Waals surface area contributed by atoms with Crippen molar-refractivity contribution in [2.45, 2.75) is 26.1 Å². The number of hydrogen-bond donors (Lipinski definition) is 3. The number of hydrogen-bond acceptors (Lipinski definition) is 4. The van der Waals surface area contributed by atoms with Gasteiger partial charge in [0.2, 0.25) is 11.8 Å². The van der Waals surface area contributed by atoms with E-state index in [-0.39, 0.29) is 11.6 Å². The van der Waals surface area contributed by atoms with Crippen molar-refractivity contribution in [3.05, 3.63) is 47.0 Å². The quantitative estimate of drug-likeness (QED) is 0.618. The lowest BCUT2D eigenvalue weighted by Crippen LogP contribution is -2.32. The van der Waals surface area contributed by atoms with Crippen molar-refractivity contribution in [3.63, 3.8) is 0 Å². The number of methoxy groups -OCH3 is 1. The van der Waals surface area contributed by atoms with Crippen LogP contribution in [-0.2, 0) is 15.8 Å². The van der Waals surface area contributed by atoms with Crippen LogP contribution in [0.15, 0.2) is 36.4 Å². The van der Waals surface area contributed by atoms with Crippen LogP contribution in [0.25, 0.3) is 0 Å². The zero-order chi connectivity index (χ0) is 21.8. The van der Waals surface area contributed by atoms with Crippen molar-refractivity contribution in [2.24, 2.45) is 0 Å². The largest absolute Gasteiger partial charge is 0.495 e. The summed E-state index contributed by atoms with van der Waals surface area (Å²) in [6.45, 7) is 2.88. The molecule has 2 rings (SSSR count). The van der Waals surface area contributed by atoms with Crippen LogP contribution >= 0.6 is 11.6 Å². The van der Waals surface area contributed by atoms with Crippen LogP contribution in [0, 0.1) is 0 Å². The molecule has 0 saturated heterocycles. The van der Waals surface area contributed by atoms with Crippen molar-refractivity contribution >= 4 is 40.5 Å². The van der Waals surface area contributed by atoms with E-state index in [1.165, 1.54) is 27.0 Å². The van der Waals surface area contributed by atoms with E-state index in [1.54, 1.807) is 18.2 Å². The summed E-state index contributed by atoms with van der Waals surface area (Å²) in [6, 6.07) is 7.09. The molecule has 156 valence electrons. The molecule has 0 fully saturated rings. The Labute approximate surface area is 170 Å². The number of alkyl halides is 3. The lowest BCUT2D eigenvalue weighted by molar-refractivity contribution is -0.137. The van der Waals surface area contributed by atoms with Crippen molar-refractivity contribution in [1.29, 1.82) is 0 Å². The molecule has 29 heavy (non-hydrogen) atoms. The highest BCUT2D eigenvalue weighted by Crippen LogP contribution is 2.36. The maximum atomic E-state index is 13.0. The second kappa shape index (κ2) is 9.04. The van der Waals surface area contributed by atoms with E-state index in [2.05, 4.69) is 16.0 Å². The molecule has 2 amide bonds. The minimum absolute atomic E-state index is 0.0423. The summed E-state index contributed by atoms with van der Waals surface area (Å²) in [4.78, 5) is 23.6. The molecule has 1 unspecified atom stereocenters. The Bertz CT molecular complexity index is 919. The SMILES string of the molecule is COc1ccc(NC(C)=O)cc1NC(C)C(=O)Nc1ccc(Cl)c(C(F)(F)F)c1. The normalized spacial score (nSPS) is 12.1. The third-order valence-electron chi connectivity index (χ3n) is 3.82. The molecule has 0 radical (unpaired) electrons. The number of benzene rings is 2. The van der Waals surface area contributed by atoms with Crippen LogP contribution in [0.4, 0.5) is 30.2 Å². The number of carbonyl (C=O) groups is 2. The molecular weight excluding hydrogens is 411 g/mol. The summed E-state index contributed by atoms with van der Waals surface area (Å²) in [5.41, 5.74) is -0.170. The highest BCUT2D eigenvalue weighted by atomic mass is 35.5. The number of ether oxygens (including phenoxy) is 1. The van der Waals surface area contributed by atoms with Crippen LogP contribution in [0.2, 0.25) is 5.02 Å². The molecular formula is C19H19ClF3N3O3. The minimum Gasteiger partial charge on any atom is -0.495 e. The lowest BCUT2D eigenvalue weighted by atomic mass is 10.1. The first-order valence-electron chi connectivity index (χ1n) is 8.41. The average Bonchev–Trinajstić information content (AvgIpc) is 2.62. The highest BCUT2D eigenvalue weighted by Gasteiger charge is 2.33. The molecule has 0 aliphatic heterocycles. The average molecular weight is 430 g/mol. The molecule has 3 N–H and O–H groups in total. The van der Waals surface area contributed by atoms with Gasteiger partial charge in [-0.2, -0.15) is 13.2 Å². The summed E-state index contributed by atoms with van der Waals surface area (Å²) in [5, 5.41) is 7.48. The fraction of sp³-hybridized carbons (Fsp3) is 0.263. The Morgan fingerprint density at radius 3 is 2.28 bits per heavy atom. The van der Waals surface area contributed by atoms with Gasteiger partial charge in [0, 0.05) is 18.3 Å². The molecule has 0 bridgehead atoms. The maximum Gasteiger partial charge on any atom is 0.417 e. The smallest absolute Gasteiger partial charge is 0.417 e. The van der Waals surface area contributed by atoms with Gasteiger partial charge in [0.1, 0.15) is 11.8 Å². The van der Waals surface area contributed by atoms with E-state index in [0.717, 1.165) is 12.1 Å². The van der Waals surface area contributed by atoms with Gasteiger partial charge in [-0.25, -0.2) is 0 Å². The summed E-state index contributed by atoms with van der Waals surface area (Å²) in [5.74, 6) is -0.424. The second-order valence-electron chi connectivity index (χ2n) is 6.14. The van der Waals surface area contributed by atoms with Crippen LogP contribution < -0.4 is 20.7 Å². The Morgan fingerprint density at radius 1 is 1.07 bits per heavy atom. The molecule has 1 atom stereocenters. The predicted octanol–water partition coefficient (Wildman–Crippen LogP) is 4.76. The summed E-state index contributed by atoms with van der Waals surface area (Å²) < 4.78 is 44.1. The second-order valence-corrected chi connectivity index (χ2v) is 6.55. The van der Waals surface area contributed by atoms with Gasteiger partial charge in [-0.1, -0.05) is 11.6 Å². The zero-order valence-corrected chi connectivity index (χ0v) is 16.5. The molecule has 0 saturated carbocycles.